The van der Waals surface area contributed by atoms with Crippen LogP contribution in [0.5, 0.6) is 0 Å². The Kier molecular flexibility index (Phi) is 3.21. The van der Waals surface area contributed by atoms with Gasteiger partial charge in [0.25, 0.3) is 5.22 Å². The molecule has 5 nitrogen and oxygen atoms in total. The highest BCUT2D eigenvalue weighted by Crippen LogP contribution is 2.20. The van der Waals surface area contributed by atoms with Crippen molar-refractivity contribution in [3.8, 4) is 0 Å². The number of oxazole rings is 1. The monoisotopic (exact) mass is 222 g/mol. The fourth-order valence-corrected chi connectivity index (χ4v) is 1.74. The van der Waals surface area contributed by atoms with E-state index in [-0.39, 0.29) is 0 Å². The van der Waals surface area contributed by atoms with E-state index < -0.39 is 0 Å². The highest BCUT2D eigenvalue weighted by atomic mass is 32.2. The molecule has 0 aliphatic rings. The summed E-state index contributed by atoms with van der Waals surface area (Å²) in [5, 5.41) is 0.663. The Hall–Kier alpha value is -1.53. The Morgan fingerprint density at radius 1 is 1.40 bits per heavy atom. The average molecular weight is 222 g/mol. The maximum absolute atomic E-state index is 5.21. The molecule has 0 aliphatic carbocycles. The fraction of sp³-hybridized carbons (Fsp3) is 0.111. The number of thioether (sulfide) groups is 1. The van der Waals surface area contributed by atoms with E-state index >= 15 is 0 Å². The molecule has 0 amide bonds. The lowest BCUT2D eigenvalue weighted by Gasteiger charge is -2.00. The number of rotatable bonds is 4. The van der Waals surface area contributed by atoms with Gasteiger partial charge in [-0.3, -0.25) is 0 Å². The number of nitrogens with zero attached hydrogens (tertiary/aromatic N) is 2. The molecule has 0 atom stereocenters. The van der Waals surface area contributed by atoms with Crippen LogP contribution in [0.2, 0.25) is 0 Å². The second-order valence-electron chi connectivity index (χ2n) is 2.78. The summed E-state index contributed by atoms with van der Waals surface area (Å²) in [6, 6.07) is 3.78. The zero-order valence-corrected chi connectivity index (χ0v) is 8.70. The van der Waals surface area contributed by atoms with Gasteiger partial charge in [-0.25, -0.2) is 15.8 Å². The Balaban J connectivity index is 1.93. The summed E-state index contributed by atoms with van der Waals surface area (Å²) < 4.78 is 5.10. The van der Waals surface area contributed by atoms with Crippen molar-refractivity contribution in [2.24, 2.45) is 5.84 Å². The summed E-state index contributed by atoms with van der Waals surface area (Å²) in [5.41, 5.74) is 3.57. The summed E-state index contributed by atoms with van der Waals surface area (Å²) in [7, 11) is 0. The molecule has 0 bridgehead atoms. The van der Waals surface area contributed by atoms with Crippen LogP contribution in [0.3, 0.4) is 0 Å². The van der Waals surface area contributed by atoms with Crippen molar-refractivity contribution in [1.82, 2.24) is 9.97 Å². The normalized spacial score (nSPS) is 10.2. The van der Waals surface area contributed by atoms with Gasteiger partial charge in [-0.15, -0.1) is 0 Å². The largest absolute Gasteiger partial charge is 0.440 e. The van der Waals surface area contributed by atoms with Crippen molar-refractivity contribution in [3.05, 3.63) is 36.4 Å². The Bertz CT molecular complexity index is 401. The summed E-state index contributed by atoms with van der Waals surface area (Å²) in [4.78, 5) is 8.11. The number of pyridine rings is 1. The van der Waals surface area contributed by atoms with E-state index in [9.17, 15) is 0 Å². The minimum absolute atomic E-state index is 0.653. The Morgan fingerprint density at radius 2 is 2.33 bits per heavy atom. The number of hydrazine groups is 1. The van der Waals surface area contributed by atoms with Crippen molar-refractivity contribution in [2.45, 2.75) is 11.0 Å². The lowest BCUT2D eigenvalue weighted by atomic mass is 10.3. The van der Waals surface area contributed by atoms with E-state index in [1.54, 1.807) is 18.7 Å². The van der Waals surface area contributed by atoms with Gasteiger partial charge in [0.2, 0.25) is 0 Å². The Labute approximate surface area is 91.1 Å². The van der Waals surface area contributed by atoms with Crippen LogP contribution >= 0.6 is 11.8 Å². The smallest absolute Gasteiger partial charge is 0.255 e. The second kappa shape index (κ2) is 4.81. The zero-order valence-electron chi connectivity index (χ0n) is 7.88. The lowest BCUT2D eigenvalue weighted by molar-refractivity contribution is 0.454. The first-order valence-corrected chi connectivity index (χ1v) is 5.31. The van der Waals surface area contributed by atoms with Crippen LogP contribution in [0.25, 0.3) is 0 Å². The molecule has 15 heavy (non-hydrogen) atoms. The maximum Gasteiger partial charge on any atom is 0.255 e. The number of nitrogens with two attached hydrogens (primary N) is 1. The first-order chi connectivity index (χ1) is 7.38. The van der Waals surface area contributed by atoms with Crippen LogP contribution in [-0.2, 0) is 5.75 Å². The topological polar surface area (TPSA) is 77.0 Å². The van der Waals surface area contributed by atoms with E-state index in [0.29, 0.717) is 11.0 Å². The molecule has 0 saturated heterocycles. The van der Waals surface area contributed by atoms with Crippen molar-refractivity contribution >= 4 is 17.6 Å². The molecule has 2 aromatic heterocycles. The summed E-state index contributed by atoms with van der Waals surface area (Å²) in [6.07, 6.45) is 4.95. The predicted octanol–water partition coefficient (Wildman–Crippen LogP) is 1.65. The third-order valence-corrected chi connectivity index (χ3v) is 2.67. The molecule has 0 unspecified atom stereocenters. The van der Waals surface area contributed by atoms with Crippen molar-refractivity contribution in [3.63, 3.8) is 0 Å². The summed E-state index contributed by atoms with van der Waals surface area (Å²) in [6.45, 7) is 0. The van der Waals surface area contributed by atoms with Gasteiger partial charge in [-0.1, -0.05) is 17.8 Å². The van der Waals surface area contributed by atoms with Crippen LogP contribution < -0.4 is 11.3 Å². The molecule has 2 rings (SSSR count). The highest BCUT2D eigenvalue weighted by Gasteiger charge is 2.00. The third kappa shape index (κ3) is 2.71. The number of nitrogen functional groups attached to an aromatic ring is 1. The van der Waals surface area contributed by atoms with E-state index in [1.807, 2.05) is 12.1 Å². The SMILES string of the molecule is NNc1ccc(CSc2ncco2)cn1. The van der Waals surface area contributed by atoms with Crippen molar-refractivity contribution in [1.29, 1.82) is 0 Å². The molecule has 0 aliphatic heterocycles. The van der Waals surface area contributed by atoms with E-state index in [1.165, 1.54) is 11.8 Å². The van der Waals surface area contributed by atoms with Crippen LogP contribution in [0.4, 0.5) is 5.82 Å². The summed E-state index contributed by atoms with van der Waals surface area (Å²) in [5.74, 6) is 6.64. The molecule has 3 N–H and O–H groups in total. The fourth-order valence-electron chi connectivity index (χ4n) is 1.02. The number of hydrogen-bond acceptors (Lipinski definition) is 6. The van der Waals surface area contributed by atoms with Crippen LogP contribution in [0.15, 0.2) is 40.4 Å². The molecule has 0 fully saturated rings. The molecule has 78 valence electrons. The molecule has 2 heterocycles. The molecule has 0 saturated carbocycles. The quantitative estimate of drug-likeness (QED) is 0.465. The first kappa shape index (κ1) is 10.0. The van der Waals surface area contributed by atoms with Crippen molar-refractivity contribution < 1.29 is 4.42 Å². The highest BCUT2D eigenvalue weighted by molar-refractivity contribution is 7.98. The number of nitrogens with one attached hydrogen (secondary N) is 1. The van der Waals surface area contributed by atoms with E-state index in [0.717, 1.165) is 11.3 Å². The molecule has 0 spiro atoms. The lowest BCUT2D eigenvalue weighted by Crippen LogP contribution is -2.08. The minimum Gasteiger partial charge on any atom is -0.440 e. The van der Waals surface area contributed by atoms with Crippen LogP contribution in [-0.4, -0.2) is 9.97 Å². The minimum atomic E-state index is 0.653. The van der Waals surface area contributed by atoms with E-state index in [4.69, 9.17) is 10.3 Å². The van der Waals surface area contributed by atoms with Gasteiger partial charge in [0, 0.05) is 11.9 Å². The van der Waals surface area contributed by atoms with Gasteiger partial charge in [0.15, 0.2) is 0 Å². The van der Waals surface area contributed by atoms with Gasteiger partial charge in [0.05, 0.1) is 6.20 Å². The molecule has 2 aromatic rings. The first-order valence-electron chi connectivity index (χ1n) is 4.32. The number of anilines is 1. The molecular weight excluding hydrogens is 212 g/mol. The second-order valence-corrected chi connectivity index (χ2v) is 3.71. The number of hydrogen-bond donors (Lipinski definition) is 2. The molecular formula is C9H10N4OS. The van der Waals surface area contributed by atoms with Crippen LogP contribution in [0, 0.1) is 0 Å². The zero-order chi connectivity index (χ0) is 10.5. The van der Waals surface area contributed by atoms with Crippen LogP contribution in [0.1, 0.15) is 5.56 Å². The molecule has 0 aromatic carbocycles. The standard InChI is InChI=1S/C9H10N4OS/c10-13-8-2-1-7(5-12-8)6-15-9-11-3-4-14-9/h1-5H,6,10H2,(H,12,13). The molecule has 6 heteroatoms. The maximum atomic E-state index is 5.21. The van der Waals surface area contributed by atoms with E-state index in [2.05, 4.69) is 15.4 Å². The Morgan fingerprint density at radius 3 is 2.93 bits per heavy atom. The molecule has 0 radical (unpaired) electrons. The number of aromatic nitrogens is 2. The van der Waals surface area contributed by atoms with Gasteiger partial charge >= 0.3 is 0 Å². The third-order valence-electron chi connectivity index (χ3n) is 1.74. The predicted molar refractivity (Wildman–Crippen MR) is 58.1 cm³/mol. The van der Waals surface area contributed by atoms with Gasteiger partial charge in [-0.05, 0) is 11.6 Å². The average Bonchev–Trinajstić information content (AvgIpc) is 2.80. The summed E-state index contributed by atoms with van der Waals surface area (Å²) >= 11 is 1.52. The van der Waals surface area contributed by atoms with Gasteiger partial charge in [0.1, 0.15) is 12.1 Å². The van der Waals surface area contributed by atoms with Crippen molar-refractivity contribution in [2.75, 3.05) is 5.43 Å². The van der Waals surface area contributed by atoms with Gasteiger partial charge < -0.3 is 9.84 Å². The van der Waals surface area contributed by atoms with Gasteiger partial charge in [-0.2, -0.15) is 0 Å².